The Morgan fingerprint density at radius 3 is 2.56 bits per heavy atom. The summed E-state index contributed by atoms with van der Waals surface area (Å²) in [7, 11) is 1.43. The van der Waals surface area contributed by atoms with Crippen LogP contribution in [-0.4, -0.2) is 61.5 Å². The number of nitrogens with zero attached hydrogens (tertiary/aromatic N) is 2. The summed E-state index contributed by atoms with van der Waals surface area (Å²) in [5, 5.41) is 0. The number of rotatable bonds is 3. The van der Waals surface area contributed by atoms with Crippen molar-refractivity contribution in [3.63, 3.8) is 0 Å². The average Bonchev–Trinajstić information content (AvgIpc) is 2.92. The van der Waals surface area contributed by atoms with E-state index >= 15 is 0 Å². The average molecular weight is 254 g/mol. The Morgan fingerprint density at radius 1 is 1.17 bits per heavy atom. The van der Waals surface area contributed by atoms with Gasteiger partial charge in [-0.25, -0.2) is 0 Å². The quantitative estimate of drug-likeness (QED) is 0.688. The maximum Gasteiger partial charge on any atom is 0.309 e. The van der Waals surface area contributed by atoms with Gasteiger partial charge in [-0.15, -0.1) is 0 Å². The van der Waals surface area contributed by atoms with Gasteiger partial charge in [-0.2, -0.15) is 0 Å². The third-order valence-corrected chi connectivity index (χ3v) is 3.86. The van der Waals surface area contributed by atoms with E-state index in [2.05, 4.69) is 4.90 Å². The van der Waals surface area contributed by atoms with Gasteiger partial charge < -0.3 is 9.64 Å². The topological polar surface area (TPSA) is 49.9 Å². The standard InChI is InChI=1S/C13H22N2O3/c1-18-13(17)11-5-4-6-14(9-11)10-12(16)15-7-2-3-8-15/h11H,2-10H2,1H3. The smallest absolute Gasteiger partial charge is 0.309 e. The molecule has 0 radical (unpaired) electrons. The van der Waals surface area contributed by atoms with E-state index in [0.717, 1.165) is 45.3 Å². The van der Waals surface area contributed by atoms with Crippen molar-refractivity contribution < 1.29 is 14.3 Å². The molecule has 102 valence electrons. The molecule has 2 heterocycles. The largest absolute Gasteiger partial charge is 0.469 e. The fraction of sp³-hybridized carbons (Fsp3) is 0.846. The molecule has 2 aliphatic heterocycles. The van der Waals surface area contributed by atoms with Crippen LogP contribution in [0.25, 0.3) is 0 Å². The van der Waals surface area contributed by atoms with Gasteiger partial charge in [-0.3, -0.25) is 14.5 Å². The molecule has 0 saturated carbocycles. The van der Waals surface area contributed by atoms with Crippen LogP contribution < -0.4 is 0 Å². The first-order valence-corrected chi connectivity index (χ1v) is 6.78. The van der Waals surface area contributed by atoms with Crippen molar-refractivity contribution in [1.82, 2.24) is 9.80 Å². The Morgan fingerprint density at radius 2 is 1.89 bits per heavy atom. The molecule has 0 aromatic rings. The van der Waals surface area contributed by atoms with Crippen molar-refractivity contribution in [1.29, 1.82) is 0 Å². The van der Waals surface area contributed by atoms with E-state index in [1.807, 2.05) is 4.90 Å². The van der Waals surface area contributed by atoms with Crippen LogP contribution >= 0.6 is 0 Å². The highest BCUT2D eigenvalue weighted by atomic mass is 16.5. The third-order valence-electron chi connectivity index (χ3n) is 3.86. The molecule has 5 heteroatoms. The monoisotopic (exact) mass is 254 g/mol. The molecule has 2 saturated heterocycles. The Balaban J connectivity index is 1.81. The number of methoxy groups -OCH3 is 1. The highest BCUT2D eigenvalue weighted by Gasteiger charge is 2.28. The molecule has 0 bridgehead atoms. The molecule has 2 rings (SSSR count). The number of carbonyl (C=O) groups is 2. The molecule has 1 unspecified atom stereocenters. The van der Waals surface area contributed by atoms with Crippen LogP contribution in [0.2, 0.25) is 0 Å². The van der Waals surface area contributed by atoms with Crippen molar-refractivity contribution >= 4 is 11.9 Å². The molecule has 0 aromatic carbocycles. The van der Waals surface area contributed by atoms with Crippen molar-refractivity contribution in [2.24, 2.45) is 5.92 Å². The molecule has 0 aromatic heterocycles. The fourth-order valence-electron chi connectivity index (χ4n) is 2.82. The van der Waals surface area contributed by atoms with E-state index in [-0.39, 0.29) is 17.8 Å². The lowest BCUT2D eigenvalue weighted by Gasteiger charge is -2.31. The lowest BCUT2D eigenvalue weighted by Crippen LogP contribution is -2.45. The van der Waals surface area contributed by atoms with Gasteiger partial charge in [0.05, 0.1) is 19.6 Å². The molecule has 1 amide bonds. The molecule has 1 atom stereocenters. The van der Waals surface area contributed by atoms with Gasteiger partial charge in [0.25, 0.3) is 0 Å². The zero-order chi connectivity index (χ0) is 13.0. The summed E-state index contributed by atoms with van der Waals surface area (Å²) >= 11 is 0. The van der Waals surface area contributed by atoms with Gasteiger partial charge in [0.2, 0.25) is 5.91 Å². The number of piperidine rings is 1. The van der Waals surface area contributed by atoms with Crippen LogP contribution in [0.1, 0.15) is 25.7 Å². The van der Waals surface area contributed by atoms with Crippen molar-refractivity contribution in [2.45, 2.75) is 25.7 Å². The summed E-state index contributed by atoms with van der Waals surface area (Å²) in [5.74, 6) is 0.00136. The van der Waals surface area contributed by atoms with Gasteiger partial charge >= 0.3 is 5.97 Å². The molecular weight excluding hydrogens is 232 g/mol. The second-order valence-corrected chi connectivity index (χ2v) is 5.19. The first-order chi connectivity index (χ1) is 8.70. The minimum absolute atomic E-state index is 0.0601. The van der Waals surface area contributed by atoms with Gasteiger partial charge in [-0.05, 0) is 32.2 Å². The number of hydrogen-bond donors (Lipinski definition) is 0. The predicted molar refractivity (Wildman–Crippen MR) is 67.0 cm³/mol. The van der Waals surface area contributed by atoms with Crippen molar-refractivity contribution in [3.05, 3.63) is 0 Å². The summed E-state index contributed by atoms with van der Waals surface area (Å²) in [6, 6.07) is 0. The van der Waals surface area contributed by atoms with Gasteiger partial charge in [0.1, 0.15) is 0 Å². The van der Waals surface area contributed by atoms with E-state index in [9.17, 15) is 9.59 Å². The lowest BCUT2D eigenvalue weighted by molar-refractivity contribution is -0.148. The number of carbonyl (C=O) groups excluding carboxylic acids is 2. The van der Waals surface area contributed by atoms with Crippen LogP contribution in [0.5, 0.6) is 0 Å². The fourth-order valence-corrected chi connectivity index (χ4v) is 2.82. The molecule has 0 spiro atoms. The van der Waals surface area contributed by atoms with E-state index < -0.39 is 0 Å². The van der Waals surface area contributed by atoms with Crippen LogP contribution in [0, 0.1) is 5.92 Å². The molecule has 2 aliphatic rings. The SMILES string of the molecule is COC(=O)C1CCCN(CC(=O)N2CCCC2)C1. The maximum absolute atomic E-state index is 12.0. The van der Waals surface area contributed by atoms with Crippen molar-refractivity contribution in [3.8, 4) is 0 Å². The van der Waals surface area contributed by atoms with E-state index in [1.165, 1.54) is 7.11 Å². The number of amides is 1. The van der Waals surface area contributed by atoms with Gasteiger partial charge in [0.15, 0.2) is 0 Å². The summed E-state index contributed by atoms with van der Waals surface area (Å²) in [6.45, 7) is 3.81. The Labute approximate surface area is 108 Å². The Kier molecular flexibility index (Phi) is 4.58. The number of hydrogen-bond acceptors (Lipinski definition) is 4. The molecular formula is C13H22N2O3. The molecule has 0 N–H and O–H groups in total. The second-order valence-electron chi connectivity index (χ2n) is 5.19. The highest BCUT2D eigenvalue weighted by Crippen LogP contribution is 2.18. The molecule has 5 nitrogen and oxygen atoms in total. The van der Waals surface area contributed by atoms with Crippen LogP contribution in [0.4, 0.5) is 0 Å². The van der Waals surface area contributed by atoms with Crippen LogP contribution in [0.15, 0.2) is 0 Å². The first-order valence-electron chi connectivity index (χ1n) is 6.78. The van der Waals surface area contributed by atoms with E-state index in [1.54, 1.807) is 0 Å². The van der Waals surface area contributed by atoms with Crippen LogP contribution in [0.3, 0.4) is 0 Å². The first kappa shape index (κ1) is 13.3. The zero-order valence-electron chi connectivity index (χ0n) is 11.1. The summed E-state index contributed by atoms with van der Waals surface area (Å²) < 4.78 is 4.78. The second kappa shape index (κ2) is 6.18. The summed E-state index contributed by atoms with van der Waals surface area (Å²) in [6.07, 6.45) is 4.08. The Bertz CT molecular complexity index is 313. The summed E-state index contributed by atoms with van der Waals surface area (Å²) in [5.41, 5.74) is 0. The lowest BCUT2D eigenvalue weighted by atomic mass is 9.98. The molecule has 2 fully saturated rings. The molecule has 18 heavy (non-hydrogen) atoms. The highest BCUT2D eigenvalue weighted by molar-refractivity contribution is 5.78. The zero-order valence-corrected chi connectivity index (χ0v) is 11.1. The predicted octanol–water partition coefficient (Wildman–Crippen LogP) is 0.494. The van der Waals surface area contributed by atoms with E-state index in [4.69, 9.17) is 4.74 Å². The Hall–Kier alpha value is -1.10. The minimum atomic E-state index is -0.145. The minimum Gasteiger partial charge on any atom is -0.469 e. The third kappa shape index (κ3) is 3.22. The normalized spacial score (nSPS) is 25.2. The molecule has 0 aliphatic carbocycles. The number of ether oxygens (including phenoxy) is 1. The van der Waals surface area contributed by atoms with E-state index in [0.29, 0.717) is 13.1 Å². The van der Waals surface area contributed by atoms with Gasteiger partial charge in [-0.1, -0.05) is 0 Å². The van der Waals surface area contributed by atoms with Crippen LogP contribution in [-0.2, 0) is 14.3 Å². The van der Waals surface area contributed by atoms with Gasteiger partial charge in [0, 0.05) is 19.6 Å². The maximum atomic E-state index is 12.0. The summed E-state index contributed by atoms with van der Waals surface area (Å²) in [4.78, 5) is 27.6. The number of likely N-dealkylation sites (tertiary alicyclic amines) is 2. The number of esters is 1. The van der Waals surface area contributed by atoms with Crippen molar-refractivity contribution in [2.75, 3.05) is 39.8 Å².